The van der Waals surface area contributed by atoms with Gasteiger partial charge in [0, 0.05) is 23.4 Å². The van der Waals surface area contributed by atoms with Crippen LogP contribution in [-0.2, 0) is 9.84 Å². The molecule has 0 bridgehead atoms. The zero-order valence-electron chi connectivity index (χ0n) is 10.6. The summed E-state index contributed by atoms with van der Waals surface area (Å²) in [4.78, 5) is 10.4. The standard InChI is InChI=1S/C12H16N2O4S/c1-9-4-5-10(7-12(9)14(15)16)13-11-3-2-6-19(17,18)8-11/h4-5,7,11,13H,2-3,6,8H2,1H3. The Kier molecular flexibility index (Phi) is 3.75. The van der Waals surface area contributed by atoms with E-state index in [4.69, 9.17) is 0 Å². The number of nitrogens with one attached hydrogen (secondary N) is 1. The molecule has 0 saturated carbocycles. The van der Waals surface area contributed by atoms with Gasteiger partial charge in [-0.05, 0) is 25.8 Å². The second-order valence-electron chi connectivity index (χ2n) is 4.86. The van der Waals surface area contributed by atoms with Crippen LogP contribution in [0.5, 0.6) is 0 Å². The number of nitrogens with zero attached hydrogens (tertiary/aromatic N) is 1. The first-order valence-electron chi connectivity index (χ1n) is 6.09. The van der Waals surface area contributed by atoms with Gasteiger partial charge >= 0.3 is 0 Å². The first-order chi connectivity index (χ1) is 8.87. The minimum absolute atomic E-state index is 0.0451. The Morgan fingerprint density at radius 1 is 1.42 bits per heavy atom. The first-order valence-corrected chi connectivity index (χ1v) is 7.91. The molecule has 1 aromatic carbocycles. The lowest BCUT2D eigenvalue weighted by atomic mass is 10.1. The van der Waals surface area contributed by atoms with Crippen molar-refractivity contribution in [1.29, 1.82) is 0 Å². The van der Waals surface area contributed by atoms with Crippen LogP contribution in [0.3, 0.4) is 0 Å². The monoisotopic (exact) mass is 284 g/mol. The van der Waals surface area contributed by atoms with Crippen molar-refractivity contribution in [3.8, 4) is 0 Å². The topological polar surface area (TPSA) is 89.3 Å². The van der Waals surface area contributed by atoms with E-state index in [9.17, 15) is 18.5 Å². The van der Waals surface area contributed by atoms with Gasteiger partial charge < -0.3 is 5.32 Å². The van der Waals surface area contributed by atoms with Crippen molar-refractivity contribution < 1.29 is 13.3 Å². The molecule has 6 nitrogen and oxygen atoms in total. The van der Waals surface area contributed by atoms with Gasteiger partial charge in [0.1, 0.15) is 0 Å². The fourth-order valence-corrected chi connectivity index (χ4v) is 3.90. The second-order valence-corrected chi connectivity index (χ2v) is 7.08. The third-order valence-electron chi connectivity index (χ3n) is 3.24. The average Bonchev–Trinajstić information content (AvgIpc) is 2.30. The van der Waals surface area contributed by atoms with E-state index in [-0.39, 0.29) is 23.2 Å². The summed E-state index contributed by atoms with van der Waals surface area (Å²) < 4.78 is 23.1. The molecule has 0 spiro atoms. The summed E-state index contributed by atoms with van der Waals surface area (Å²) in [6.07, 6.45) is 1.40. The number of rotatable bonds is 3. The number of benzene rings is 1. The summed E-state index contributed by atoms with van der Waals surface area (Å²) in [6.45, 7) is 1.67. The van der Waals surface area contributed by atoms with Crippen molar-refractivity contribution in [3.63, 3.8) is 0 Å². The number of hydrogen-bond acceptors (Lipinski definition) is 5. The van der Waals surface area contributed by atoms with Crippen molar-refractivity contribution in [2.75, 3.05) is 16.8 Å². The lowest BCUT2D eigenvalue weighted by molar-refractivity contribution is -0.385. The molecule has 0 aliphatic carbocycles. The maximum atomic E-state index is 11.5. The molecule has 1 unspecified atom stereocenters. The van der Waals surface area contributed by atoms with Crippen LogP contribution >= 0.6 is 0 Å². The van der Waals surface area contributed by atoms with Crippen molar-refractivity contribution in [1.82, 2.24) is 0 Å². The van der Waals surface area contributed by atoms with Gasteiger partial charge in [-0.2, -0.15) is 0 Å². The van der Waals surface area contributed by atoms with E-state index in [2.05, 4.69) is 5.32 Å². The van der Waals surface area contributed by atoms with Crippen LogP contribution in [0.2, 0.25) is 0 Å². The number of anilines is 1. The van der Waals surface area contributed by atoms with E-state index < -0.39 is 14.8 Å². The number of nitro benzene ring substituents is 1. The van der Waals surface area contributed by atoms with Crippen LogP contribution < -0.4 is 5.32 Å². The molecule has 2 rings (SSSR count). The highest BCUT2D eigenvalue weighted by atomic mass is 32.2. The van der Waals surface area contributed by atoms with Crippen molar-refractivity contribution in [2.24, 2.45) is 0 Å². The van der Waals surface area contributed by atoms with Gasteiger partial charge in [-0.3, -0.25) is 10.1 Å². The molecule has 1 N–H and O–H groups in total. The smallest absolute Gasteiger partial charge is 0.274 e. The van der Waals surface area contributed by atoms with Crippen LogP contribution in [0.1, 0.15) is 18.4 Å². The molecule has 0 aromatic heterocycles. The van der Waals surface area contributed by atoms with Crippen LogP contribution in [0, 0.1) is 17.0 Å². The van der Waals surface area contributed by atoms with E-state index in [0.717, 1.165) is 6.42 Å². The van der Waals surface area contributed by atoms with Gasteiger partial charge in [0.2, 0.25) is 0 Å². The average molecular weight is 284 g/mol. The van der Waals surface area contributed by atoms with Gasteiger partial charge in [-0.1, -0.05) is 6.07 Å². The SMILES string of the molecule is Cc1ccc(NC2CCCS(=O)(=O)C2)cc1[N+](=O)[O-]. The summed E-state index contributed by atoms with van der Waals surface area (Å²) in [5.41, 5.74) is 1.23. The number of aryl methyl sites for hydroxylation is 1. The molecular formula is C12H16N2O4S. The highest BCUT2D eigenvalue weighted by Crippen LogP contribution is 2.24. The van der Waals surface area contributed by atoms with Crippen LogP contribution in [0.15, 0.2) is 18.2 Å². The molecule has 19 heavy (non-hydrogen) atoms. The third kappa shape index (κ3) is 3.44. The molecule has 1 saturated heterocycles. The third-order valence-corrected chi connectivity index (χ3v) is 5.06. The number of sulfone groups is 1. The maximum absolute atomic E-state index is 11.5. The highest BCUT2D eigenvalue weighted by molar-refractivity contribution is 7.91. The van der Waals surface area contributed by atoms with Crippen LogP contribution in [0.25, 0.3) is 0 Å². The molecular weight excluding hydrogens is 268 g/mol. The van der Waals surface area contributed by atoms with E-state index in [1.165, 1.54) is 6.07 Å². The fraction of sp³-hybridized carbons (Fsp3) is 0.500. The Labute approximate surface area is 111 Å². The summed E-state index contributed by atoms with van der Waals surface area (Å²) in [5, 5.41) is 13.9. The Morgan fingerprint density at radius 3 is 2.79 bits per heavy atom. The first kappa shape index (κ1) is 13.8. The molecule has 104 valence electrons. The van der Waals surface area contributed by atoms with Gasteiger partial charge in [0.25, 0.3) is 5.69 Å². The Morgan fingerprint density at radius 2 is 2.16 bits per heavy atom. The van der Waals surface area contributed by atoms with Gasteiger partial charge in [-0.15, -0.1) is 0 Å². The second kappa shape index (κ2) is 5.16. The lowest BCUT2D eigenvalue weighted by Gasteiger charge is -2.24. The van der Waals surface area contributed by atoms with Crippen LogP contribution in [0.4, 0.5) is 11.4 Å². The summed E-state index contributed by atoms with van der Waals surface area (Å²) in [6, 6.07) is 4.69. The molecule has 1 fully saturated rings. The fourth-order valence-electron chi connectivity index (χ4n) is 2.27. The van der Waals surface area contributed by atoms with E-state index in [0.29, 0.717) is 17.7 Å². The van der Waals surface area contributed by atoms with E-state index >= 15 is 0 Å². The summed E-state index contributed by atoms with van der Waals surface area (Å²) in [7, 11) is -2.98. The maximum Gasteiger partial charge on any atom is 0.274 e. The molecule has 1 heterocycles. The van der Waals surface area contributed by atoms with E-state index in [1.807, 2.05) is 0 Å². The van der Waals surface area contributed by atoms with Crippen molar-refractivity contribution in [3.05, 3.63) is 33.9 Å². The quantitative estimate of drug-likeness (QED) is 0.676. The van der Waals surface area contributed by atoms with Gasteiger partial charge in [-0.25, -0.2) is 8.42 Å². The zero-order valence-corrected chi connectivity index (χ0v) is 11.4. The predicted molar refractivity (Wildman–Crippen MR) is 73.1 cm³/mol. The van der Waals surface area contributed by atoms with Crippen molar-refractivity contribution >= 4 is 21.2 Å². The van der Waals surface area contributed by atoms with Crippen LogP contribution in [-0.4, -0.2) is 30.9 Å². The largest absolute Gasteiger partial charge is 0.381 e. The molecule has 7 heteroatoms. The number of hydrogen-bond donors (Lipinski definition) is 1. The molecule has 1 aromatic rings. The Hall–Kier alpha value is -1.63. The summed E-state index contributed by atoms with van der Waals surface area (Å²) >= 11 is 0. The summed E-state index contributed by atoms with van der Waals surface area (Å²) in [5.74, 6) is 0.327. The zero-order chi connectivity index (χ0) is 14.0. The normalized spacial score (nSPS) is 21.8. The Bertz CT molecular complexity index is 598. The highest BCUT2D eigenvalue weighted by Gasteiger charge is 2.25. The van der Waals surface area contributed by atoms with E-state index in [1.54, 1.807) is 19.1 Å². The molecule has 1 aliphatic rings. The number of nitro groups is 1. The molecule has 0 radical (unpaired) electrons. The van der Waals surface area contributed by atoms with Gasteiger partial charge in [0.05, 0.1) is 16.4 Å². The molecule has 0 amide bonds. The molecule has 1 atom stereocenters. The van der Waals surface area contributed by atoms with Gasteiger partial charge in [0.15, 0.2) is 9.84 Å². The Balaban J connectivity index is 2.15. The minimum Gasteiger partial charge on any atom is -0.381 e. The minimum atomic E-state index is -2.98. The predicted octanol–water partition coefficient (Wildman–Crippen LogP) is 1.89. The lowest BCUT2D eigenvalue weighted by Crippen LogP contribution is -2.34. The molecule has 1 aliphatic heterocycles. The van der Waals surface area contributed by atoms with Crippen molar-refractivity contribution in [2.45, 2.75) is 25.8 Å².